The van der Waals surface area contributed by atoms with Crippen LogP contribution in [0.2, 0.25) is 0 Å². The molecule has 0 radical (unpaired) electrons. The second kappa shape index (κ2) is 6.33. The zero-order valence-corrected chi connectivity index (χ0v) is 8.96. The molecule has 0 unspecified atom stereocenters. The Kier molecular flexibility index (Phi) is 4.94. The van der Waals surface area contributed by atoms with Gasteiger partial charge in [-0.2, -0.15) is 0 Å². The van der Waals surface area contributed by atoms with Crippen molar-refractivity contribution in [3.63, 3.8) is 0 Å². The van der Waals surface area contributed by atoms with Crippen molar-refractivity contribution in [1.29, 1.82) is 0 Å². The molecular formula is C12H18N2. The van der Waals surface area contributed by atoms with E-state index in [-0.39, 0.29) is 0 Å². The van der Waals surface area contributed by atoms with Crippen LogP contribution in [-0.2, 0) is 6.54 Å². The molecule has 1 rings (SSSR count). The van der Waals surface area contributed by atoms with Gasteiger partial charge in [0.05, 0.1) is 0 Å². The molecule has 0 aliphatic rings. The number of pyridine rings is 1. The van der Waals surface area contributed by atoms with Crippen LogP contribution in [0.5, 0.6) is 0 Å². The second-order valence-corrected chi connectivity index (χ2v) is 3.34. The molecule has 0 saturated carbocycles. The van der Waals surface area contributed by atoms with Gasteiger partial charge in [-0.1, -0.05) is 12.2 Å². The number of aromatic nitrogens is 1. The first-order valence-electron chi connectivity index (χ1n) is 5.06. The van der Waals surface area contributed by atoms with E-state index in [4.69, 9.17) is 0 Å². The van der Waals surface area contributed by atoms with Crippen LogP contribution in [0.4, 0.5) is 0 Å². The van der Waals surface area contributed by atoms with Crippen molar-refractivity contribution in [3.8, 4) is 0 Å². The number of allylic oxidation sites excluding steroid dienone is 1. The summed E-state index contributed by atoms with van der Waals surface area (Å²) in [4.78, 5) is 4.11. The van der Waals surface area contributed by atoms with Gasteiger partial charge in [-0.05, 0) is 44.0 Å². The standard InChI is InChI=1S/C12H18N2/c1-3-4-5-7-13-9-12-10-14-8-6-11(12)2/h3-4,6,8,10,13H,5,7,9H2,1-2H3/b4-3+. The fourth-order valence-electron chi connectivity index (χ4n) is 1.26. The Morgan fingerprint density at radius 2 is 2.36 bits per heavy atom. The lowest BCUT2D eigenvalue weighted by atomic mass is 10.1. The molecule has 0 bridgehead atoms. The largest absolute Gasteiger partial charge is 0.312 e. The van der Waals surface area contributed by atoms with Crippen LogP contribution >= 0.6 is 0 Å². The van der Waals surface area contributed by atoms with Crippen molar-refractivity contribution in [2.75, 3.05) is 6.54 Å². The molecule has 1 aromatic rings. The van der Waals surface area contributed by atoms with Crippen LogP contribution < -0.4 is 5.32 Å². The minimum Gasteiger partial charge on any atom is -0.312 e. The van der Waals surface area contributed by atoms with E-state index in [0.29, 0.717) is 0 Å². The number of hydrogen-bond donors (Lipinski definition) is 1. The number of rotatable bonds is 5. The topological polar surface area (TPSA) is 24.9 Å². The van der Waals surface area contributed by atoms with E-state index in [2.05, 4.69) is 29.4 Å². The zero-order valence-electron chi connectivity index (χ0n) is 8.96. The maximum Gasteiger partial charge on any atom is 0.0315 e. The maximum absolute atomic E-state index is 4.11. The summed E-state index contributed by atoms with van der Waals surface area (Å²) in [6.45, 7) is 6.10. The fourth-order valence-corrected chi connectivity index (χ4v) is 1.26. The Morgan fingerprint density at radius 3 is 3.07 bits per heavy atom. The minimum atomic E-state index is 0.914. The van der Waals surface area contributed by atoms with Crippen molar-refractivity contribution in [2.45, 2.75) is 26.8 Å². The van der Waals surface area contributed by atoms with Crippen LogP contribution in [0, 0.1) is 6.92 Å². The predicted molar refractivity (Wildman–Crippen MR) is 60.1 cm³/mol. The van der Waals surface area contributed by atoms with Crippen molar-refractivity contribution in [1.82, 2.24) is 10.3 Å². The van der Waals surface area contributed by atoms with Gasteiger partial charge in [-0.3, -0.25) is 4.98 Å². The van der Waals surface area contributed by atoms with Gasteiger partial charge in [-0.25, -0.2) is 0 Å². The van der Waals surface area contributed by atoms with E-state index in [1.54, 1.807) is 0 Å². The number of nitrogens with zero attached hydrogens (tertiary/aromatic N) is 1. The minimum absolute atomic E-state index is 0.914. The van der Waals surface area contributed by atoms with Gasteiger partial charge in [0.2, 0.25) is 0 Å². The molecule has 0 aromatic carbocycles. The van der Waals surface area contributed by atoms with Crippen LogP contribution in [0.3, 0.4) is 0 Å². The normalized spacial score (nSPS) is 11.0. The predicted octanol–water partition coefficient (Wildman–Crippen LogP) is 2.45. The maximum atomic E-state index is 4.11. The zero-order chi connectivity index (χ0) is 10.2. The molecule has 0 aliphatic heterocycles. The summed E-state index contributed by atoms with van der Waals surface area (Å²) in [5.41, 5.74) is 2.59. The monoisotopic (exact) mass is 190 g/mol. The third kappa shape index (κ3) is 3.71. The summed E-state index contributed by atoms with van der Waals surface area (Å²) in [5.74, 6) is 0. The first-order valence-corrected chi connectivity index (χ1v) is 5.06. The van der Waals surface area contributed by atoms with E-state index in [1.807, 2.05) is 25.4 Å². The molecular weight excluding hydrogens is 172 g/mol. The van der Waals surface area contributed by atoms with Crippen molar-refractivity contribution < 1.29 is 0 Å². The molecule has 0 fully saturated rings. The third-order valence-corrected chi connectivity index (χ3v) is 2.19. The van der Waals surface area contributed by atoms with E-state index in [0.717, 1.165) is 19.5 Å². The lowest BCUT2D eigenvalue weighted by Crippen LogP contribution is -2.14. The van der Waals surface area contributed by atoms with Crippen LogP contribution in [0.25, 0.3) is 0 Å². The lowest BCUT2D eigenvalue weighted by molar-refractivity contribution is 0.690. The van der Waals surface area contributed by atoms with Gasteiger partial charge in [0, 0.05) is 18.9 Å². The summed E-state index contributed by atoms with van der Waals surface area (Å²) in [7, 11) is 0. The van der Waals surface area contributed by atoms with Gasteiger partial charge < -0.3 is 5.32 Å². The highest BCUT2D eigenvalue weighted by atomic mass is 14.8. The van der Waals surface area contributed by atoms with E-state index in [1.165, 1.54) is 11.1 Å². The molecule has 0 aliphatic carbocycles. The molecule has 2 nitrogen and oxygen atoms in total. The third-order valence-electron chi connectivity index (χ3n) is 2.19. The van der Waals surface area contributed by atoms with Crippen molar-refractivity contribution >= 4 is 0 Å². The molecule has 0 saturated heterocycles. The molecule has 2 heteroatoms. The quantitative estimate of drug-likeness (QED) is 0.570. The fraction of sp³-hybridized carbons (Fsp3) is 0.417. The van der Waals surface area contributed by atoms with Gasteiger partial charge in [0.15, 0.2) is 0 Å². The summed E-state index contributed by atoms with van der Waals surface area (Å²) >= 11 is 0. The van der Waals surface area contributed by atoms with Crippen molar-refractivity contribution in [2.24, 2.45) is 0 Å². The Bertz CT molecular complexity index is 292. The van der Waals surface area contributed by atoms with E-state index in [9.17, 15) is 0 Å². The highest BCUT2D eigenvalue weighted by molar-refractivity contribution is 5.20. The van der Waals surface area contributed by atoms with Crippen LogP contribution in [-0.4, -0.2) is 11.5 Å². The first-order chi connectivity index (χ1) is 6.84. The molecule has 0 spiro atoms. The van der Waals surface area contributed by atoms with Crippen LogP contribution in [0.15, 0.2) is 30.6 Å². The summed E-state index contributed by atoms with van der Waals surface area (Å²) < 4.78 is 0. The van der Waals surface area contributed by atoms with Crippen LogP contribution in [0.1, 0.15) is 24.5 Å². The summed E-state index contributed by atoms with van der Waals surface area (Å²) in [5, 5.41) is 3.39. The Balaban J connectivity index is 2.28. The summed E-state index contributed by atoms with van der Waals surface area (Å²) in [6, 6.07) is 2.04. The van der Waals surface area contributed by atoms with Crippen molar-refractivity contribution in [3.05, 3.63) is 41.7 Å². The summed E-state index contributed by atoms with van der Waals surface area (Å²) in [6.07, 6.45) is 9.10. The smallest absolute Gasteiger partial charge is 0.0315 e. The average Bonchev–Trinajstić information content (AvgIpc) is 2.20. The molecule has 1 aromatic heterocycles. The molecule has 0 amide bonds. The average molecular weight is 190 g/mol. The molecule has 1 heterocycles. The molecule has 14 heavy (non-hydrogen) atoms. The molecule has 76 valence electrons. The number of hydrogen-bond acceptors (Lipinski definition) is 2. The van der Waals surface area contributed by atoms with Gasteiger partial charge in [0.25, 0.3) is 0 Å². The van der Waals surface area contributed by atoms with Gasteiger partial charge in [0.1, 0.15) is 0 Å². The number of aryl methyl sites for hydroxylation is 1. The Morgan fingerprint density at radius 1 is 1.50 bits per heavy atom. The Hall–Kier alpha value is -1.15. The SMILES string of the molecule is C/C=C/CCNCc1cnccc1C. The molecule has 1 N–H and O–H groups in total. The molecule has 0 atom stereocenters. The second-order valence-electron chi connectivity index (χ2n) is 3.34. The van der Waals surface area contributed by atoms with E-state index >= 15 is 0 Å². The van der Waals surface area contributed by atoms with E-state index < -0.39 is 0 Å². The highest BCUT2D eigenvalue weighted by Gasteiger charge is 1.95. The first kappa shape index (κ1) is 10.9. The highest BCUT2D eigenvalue weighted by Crippen LogP contribution is 2.03. The van der Waals surface area contributed by atoms with Gasteiger partial charge >= 0.3 is 0 Å². The number of nitrogens with one attached hydrogen (secondary N) is 1. The Labute approximate surface area is 86.1 Å². The lowest BCUT2D eigenvalue weighted by Gasteiger charge is -2.05. The van der Waals surface area contributed by atoms with Gasteiger partial charge in [-0.15, -0.1) is 0 Å².